The van der Waals surface area contributed by atoms with Crippen molar-refractivity contribution < 1.29 is 9.84 Å². The van der Waals surface area contributed by atoms with Crippen LogP contribution in [0.3, 0.4) is 0 Å². The lowest BCUT2D eigenvalue weighted by molar-refractivity contribution is -0.0270. The van der Waals surface area contributed by atoms with Gasteiger partial charge < -0.3 is 14.7 Å². The predicted molar refractivity (Wildman–Crippen MR) is 83.2 cm³/mol. The van der Waals surface area contributed by atoms with Gasteiger partial charge in [0, 0.05) is 36.2 Å². The van der Waals surface area contributed by atoms with Crippen LogP contribution in [0.25, 0.3) is 10.4 Å². The molecule has 0 saturated carbocycles. The van der Waals surface area contributed by atoms with E-state index in [1.54, 1.807) is 6.20 Å². The molecular formula is C14H20N6O3. The Bertz CT molecular complexity index is 678. The largest absolute Gasteiger partial charge is 0.394 e. The van der Waals surface area contributed by atoms with Crippen molar-refractivity contribution in [2.75, 3.05) is 24.6 Å². The molecule has 2 saturated heterocycles. The SMILES string of the molecule is Cc1cn([C@@H]2C[C@H](N=[N+]=[N-])[C@H](CO)O2)c(=O)nc1N1CCCC1. The molecule has 9 heteroatoms. The molecule has 1 aromatic rings. The minimum Gasteiger partial charge on any atom is -0.394 e. The number of ether oxygens (including phenoxy) is 1. The second kappa shape index (κ2) is 6.57. The van der Waals surface area contributed by atoms with Gasteiger partial charge in [-0.25, -0.2) is 4.79 Å². The van der Waals surface area contributed by atoms with Gasteiger partial charge in [-0.2, -0.15) is 4.98 Å². The first-order valence-electron chi connectivity index (χ1n) is 7.79. The number of hydrogen-bond donors (Lipinski definition) is 1. The maximum absolute atomic E-state index is 12.4. The van der Waals surface area contributed by atoms with E-state index >= 15 is 0 Å². The number of aryl methyl sites for hydroxylation is 1. The Labute approximate surface area is 133 Å². The Balaban J connectivity index is 1.87. The highest BCUT2D eigenvalue weighted by Crippen LogP contribution is 2.30. The first-order chi connectivity index (χ1) is 11.1. The molecule has 3 heterocycles. The summed E-state index contributed by atoms with van der Waals surface area (Å²) in [6, 6.07) is -0.486. The van der Waals surface area contributed by atoms with Crippen LogP contribution in [-0.2, 0) is 4.74 Å². The molecule has 0 bridgehead atoms. The van der Waals surface area contributed by atoms with Gasteiger partial charge in [-0.15, -0.1) is 0 Å². The van der Waals surface area contributed by atoms with E-state index in [0.717, 1.165) is 37.3 Å². The number of aliphatic hydroxyl groups excluding tert-OH is 1. The summed E-state index contributed by atoms with van der Waals surface area (Å²) in [4.78, 5) is 21.5. The number of anilines is 1. The van der Waals surface area contributed by atoms with Gasteiger partial charge in [0.25, 0.3) is 0 Å². The minimum absolute atomic E-state index is 0.257. The van der Waals surface area contributed by atoms with Gasteiger partial charge in [0.15, 0.2) is 0 Å². The van der Waals surface area contributed by atoms with Crippen molar-refractivity contribution in [1.82, 2.24) is 9.55 Å². The van der Waals surface area contributed by atoms with Gasteiger partial charge in [0.05, 0.1) is 18.8 Å². The van der Waals surface area contributed by atoms with Crippen LogP contribution in [0, 0.1) is 6.92 Å². The zero-order valence-electron chi connectivity index (χ0n) is 13.0. The second-order valence-corrected chi connectivity index (χ2v) is 5.95. The van der Waals surface area contributed by atoms with Crippen molar-refractivity contribution in [2.45, 2.75) is 44.6 Å². The van der Waals surface area contributed by atoms with Crippen molar-refractivity contribution in [1.29, 1.82) is 0 Å². The summed E-state index contributed by atoms with van der Waals surface area (Å²) in [5.74, 6) is 0.729. The van der Waals surface area contributed by atoms with Crippen molar-refractivity contribution in [3.05, 3.63) is 32.7 Å². The standard InChI is InChI=1S/C14H20N6O3/c1-9-7-20(12-6-10(17-18-15)11(8-21)23-12)14(22)16-13(9)19-4-2-3-5-19/h7,10-12,21H,2-6,8H2,1H3/t10-,11-,12-/m0/s1. The van der Waals surface area contributed by atoms with Crippen LogP contribution in [0.5, 0.6) is 0 Å². The molecule has 0 aromatic carbocycles. The molecule has 23 heavy (non-hydrogen) atoms. The highest BCUT2D eigenvalue weighted by molar-refractivity contribution is 5.45. The molecule has 0 radical (unpaired) electrons. The fourth-order valence-electron chi connectivity index (χ4n) is 3.25. The summed E-state index contributed by atoms with van der Waals surface area (Å²) in [7, 11) is 0. The second-order valence-electron chi connectivity index (χ2n) is 5.95. The average molecular weight is 320 g/mol. The molecule has 2 aliphatic rings. The third-order valence-corrected chi connectivity index (χ3v) is 4.41. The Morgan fingerprint density at radius 2 is 2.26 bits per heavy atom. The average Bonchev–Trinajstić information content (AvgIpc) is 3.19. The summed E-state index contributed by atoms with van der Waals surface area (Å²) in [5, 5.41) is 13.0. The number of azide groups is 1. The molecule has 3 atom stereocenters. The predicted octanol–water partition coefficient (Wildman–Crippen LogP) is 1.11. The first-order valence-corrected chi connectivity index (χ1v) is 7.79. The van der Waals surface area contributed by atoms with Crippen molar-refractivity contribution in [3.63, 3.8) is 0 Å². The van der Waals surface area contributed by atoms with Crippen LogP contribution >= 0.6 is 0 Å². The lowest BCUT2D eigenvalue weighted by atomic mass is 10.1. The maximum Gasteiger partial charge on any atom is 0.351 e. The molecular weight excluding hydrogens is 300 g/mol. The fourth-order valence-corrected chi connectivity index (χ4v) is 3.25. The van der Waals surface area contributed by atoms with Gasteiger partial charge >= 0.3 is 5.69 Å². The normalized spacial score (nSPS) is 27.2. The van der Waals surface area contributed by atoms with E-state index in [2.05, 4.69) is 19.9 Å². The molecule has 0 spiro atoms. The highest BCUT2D eigenvalue weighted by atomic mass is 16.5. The van der Waals surface area contributed by atoms with Gasteiger partial charge in [-0.05, 0) is 25.3 Å². The van der Waals surface area contributed by atoms with Crippen molar-refractivity contribution >= 4 is 5.82 Å². The molecule has 124 valence electrons. The molecule has 0 unspecified atom stereocenters. The van der Waals surface area contributed by atoms with Crippen LogP contribution in [0.1, 0.15) is 31.1 Å². The van der Waals surface area contributed by atoms with E-state index in [1.165, 1.54) is 4.57 Å². The molecule has 0 aliphatic carbocycles. The van der Waals surface area contributed by atoms with Crippen LogP contribution < -0.4 is 10.6 Å². The number of aromatic nitrogens is 2. The molecule has 1 aromatic heterocycles. The molecule has 2 aliphatic heterocycles. The molecule has 3 rings (SSSR count). The first kappa shape index (κ1) is 15.8. The van der Waals surface area contributed by atoms with Gasteiger partial charge in [0.1, 0.15) is 12.0 Å². The van der Waals surface area contributed by atoms with Gasteiger partial charge in [0.2, 0.25) is 0 Å². The van der Waals surface area contributed by atoms with Gasteiger partial charge in [-0.3, -0.25) is 4.57 Å². The topological polar surface area (TPSA) is 116 Å². The van der Waals surface area contributed by atoms with E-state index in [1.807, 2.05) is 6.92 Å². The summed E-state index contributed by atoms with van der Waals surface area (Å²) in [6.07, 6.45) is 3.14. The summed E-state index contributed by atoms with van der Waals surface area (Å²) >= 11 is 0. The van der Waals surface area contributed by atoms with Crippen LogP contribution in [0.2, 0.25) is 0 Å². The zero-order valence-corrected chi connectivity index (χ0v) is 13.0. The third-order valence-electron chi connectivity index (χ3n) is 4.41. The van der Waals surface area contributed by atoms with Crippen molar-refractivity contribution in [3.8, 4) is 0 Å². The monoisotopic (exact) mass is 320 g/mol. The minimum atomic E-state index is -0.596. The zero-order chi connectivity index (χ0) is 16.4. The lowest BCUT2D eigenvalue weighted by Crippen LogP contribution is -2.31. The Morgan fingerprint density at radius 3 is 2.91 bits per heavy atom. The van der Waals surface area contributed by atoms with E-state index < -0.39 is 18.4 Å². The Kier molecular flexibility index (Phi) is 4.51. The molecule has 1 N–H and O–H groups in total. The van der Waals surface area contributed by atoms with E-state index in [0.29, 0.717) is 6.42 Å². The van der Waals surface area contributed by atoms with E-state index in [4.69, 9.17) is 10.3 Å². The molecule has 0 amide bonds. The highest BCUT2D eigenvalue weighted by Gasteiger charge is 2.36. The number of hydrogen-bond acceptors (Lipinski definition) is 6. The number of nitrogens with zero attached hydrogens (tertiary/aromatic N) is 6. The lowest BCUT2D eigenvalue weighted by Gasteiger charge is -2.21. The molecule has 9 nitrogen and oxygen atoms in total. The smallest absolute Gasteiger partial charge is 0.351 e. The van der Waals surface area contributed by atoms with Crippen LogP contribution in [0.4, 0.5) is 5.82 Å². The summed E-state index contributed by atoms with van der Waals surface area (Å²) in [5.41, 5.74) is 9.11. The number of aliphatic hydroxyl groups is 1. The van der Waals surface area contributed by atoms with Gasteiger partial charge in [-0.1, -0.05) is 5.11 Å². The Morgan fingerprint density at radius 1 is 1.52 bits per heavy atom. The summed E-state index contributed by atoms with van der Waals surface area (Å²) < 4.78 is 7.08. The quantitative estimate of drug-likeness (QED) is 0.507. The third kappa shape index (κ3) is 3.03. The number of rotatable bonds is 4. The van der Waals surface area contributed by atoms with Crippen LogP contribution in [0.15, 0.2) is 16.1 Å². The maximum atomic E-state index is 12.4. The van der Waals surface area contributed by atoms with Crippen molar-refractivity contribution in [2.24, 2.45) is 5.11 Å². The van der Waals surface area contributed by atoms with E-state index in [9.17, 15) is 9.90 Å². The van der Waals surface area contributed by atoms with E-state index in [-0.39, 0.29) is 12.3 Å². The van der Waals surface area contributed by atoms with Crippen LogP contribution in [-0.4, -0.2) is 46.5 Å². The molecule has 2 fully saturated rings. The Hall–Kier alpha value is -2.09. The fraction of sp³-hybridized carbons (Fsp3) is 0.714. The summed E-state index contributed by atoms with van der Waals surface area (Å²) in [6.45, 7) is 3.50.